The van der Waals surface area contributed by atoms with Crippen molar-refractivity contribution in [1.29, 1.82) is 0 Å². The molecule has 0 atom stereocenters. The molecule has 1 N–H and O–H groups in total. The van der Waals surface area contributed by atoms with E-state index in [-0.39, 0.29) is 18.9 Å². The van der Waals surface area contributed by atoms with Crippen LogP contribution in [0.2, 0.25) is 0 Å². The maximum absolute atomic E-state index is 11.9. The number of rotatable bonds is 12. The third-order valence-electron chi connectivity index (χ3n) is 6.03. The van der Waals surface area contributed by atoms with Crippen LogP contribution in [0, 0.1) is 13.8 Å². The van der Waals surface area contributed by atoms with Crippen LogP contribution in [0.4, 0.5) is 0 Å². The van der Waals surface area contributed by atoms with Crippen LogP contribution in [-0.2, 0) is 23.1 Å². The molecule has 0 amide bonds. The molecule has 1 heterocycles. The predicted octanol–water partition coefficient (Wildman–Crippen LogP) is 5.41. The van der Waals surface area contributed by atoms with E-state index in [4.69, 9.17) is 25.8 Å². The number of hydrogen-bond acceptors (Lipinski definition) is 5. The van der Waals surface area contributed by atoms with Crippen molar-refractivity contribution in [3.8, 4) is 28.4 Å². The molecule has 8 heteroatoms. The van der Waals surface area contributed by atoms with Gasteiger partial charge in [-0.1, -0.05) is 24.3 Å². The highest BCUT2D eigenvalue weighted by molar-refractivity contribution is 7.89. The summed E-state index contributed by atoms with van der Waals surface area (Å²) in [7, 11) is -3.32. The molecule has 0 saturated carbocycles. The number of halogens is 1. The van der Waals surface area contributed by atoms with Crippen molar-refractivity contribution >= 4 is 21.6 Å². The van der Waals surface area contributed by atoms with Gasteiger partial charge in [0.15, 0.2) is 0 Å². The van der Waals surface area contributed by atoms with Gasteiger partial charge in [-0.25, -0.2) is 13.1 Å². The fraction of sp³-hybridized carbons (Fsp3) is 0.357. The van der Waals surface area contributed by atoms with Gasteiger partial charge >= 0.3 is 0 Å². The Morgan fingerprint density at radius 2 is 1.81 bits per heavy atom. The van der Waals surface area contributed by atoms with E-state index in [1.54, 1.807) is 0 Å². The number of sulfonamides is 1. The van der Waals surface area contributed by atoms with E-state index in [1.165, 1.54) is 5.56 Å². The fourth-order valence-corrected chi connectivity index (χ4v) is 5.72. The van der Waals surface area contributed by atoms with Crippen LogP contribution in [0.1, 0.15) is 28.7 Å². The number of benzene rings is 3. The molecular weight excluding hydrogens is 498 g/mol. The van der Waals surface area contributed by atoms with E-state index in [0.717, 1.165) is 52.3 Å². The topological polar surface area (TPSA) is 73.9 Å². The lowest BCUT2D eigenvalue weighted by Gasteiger charge is -2.15. The van der Waals surface area contributed by atoms with Gasteiger partial charge in [0.1, 0.15) is 30.5 Å². The molecular formula is C28H32ClNO5S. The molecule has 6 nitrogen and oxygen atoms in total. The summed E-state index contributed by atoms with van der Waals surface area (Å²) in [4.78, 5) is 0. The smallest absolute Gasteiger partial charge is 0.211 e. The summed E-state index contributed by atoms with van der Waals surface area (Å²) in [6.07, 6.45) is 1.38. The molecule has 0 aliphatic carbocycles. The van der Waals surface area contributed by atoms with Gasteiger partial charge in [0.05, 0.1) is 12.4 Å². The van der Waals surface area contributed by atoms with Crippen LogP contribution < -0.4 is 18.9 Å². The Balaban J connectivity index is 1.37. The lowest BCUT2D eigenvalue weighted by Crippen LogP contribution is -2.30. The second-order valence-corrected chi connectivity index (χ2v) is 11.2. The van der Waals surface area contributed by atoms with E-state index in [0.29, 0.717) is 24.7 Å². The standard InChI is InChI=1S/C28H32ClNO5S/c1-20-15-26(33-13-11-30-36(31,32)14-4-10-29)16-21(2)28(20)24-6-3-5-22(17-24)19-35-25-8-7-23-9-12-34-27(23)18-25/h3,5-8,15-18,30H,4,9-14,19H2,1-2H3. The van der Waals surface area contributed by atoms with Gasteiger partial charge < -0.3 is 14.2 Å². The Labute approximate surface area is 218 Å². The molecule has 0 aromatic heterocycles. The highest BCUT2D eigenvalue weighted by atomic mass is 35.5. The van der Waals surface area contributed by atoms with Crippen molar-refractivity contribution < 1.29 is 22.6 Å². The van der Waals surface area contributed by atoms with E-state index in [9.17, 15) is 8.42 Å². The van der Waals surface area contributed by atoms with Crippen molar-refractivity contribution in [1.82, 2.24) is 4.72 Å². The molecule has 0 unspecified atom stereocenters. The van der Waals surface area contributed by atoms with E-state index in [1.807, 2.05) is 30.3 Å². The summed E-state index contributed by atoms with van der Waals surface area (Å²) in [6, 6.07) is 18.3. The molecule has 36 heavy (non-hydrogen) atoms. The zero-order valence-corrected chi connectivity index (χ0v) is 22.3. The number of nitrogens with one attached hydrogen (secondary N) is 1. The fourth-order valence-electron chi connectivity index (χ4n) is 4.37. The minimum atomic E-state index is -3.32. The Morgan fingerprint density at radius 3 is 2.58 bits per heavy atom. The summed E-state index contributed by atoms with van der Waals surface area (Å²) in [5, 5.41) is 0. The van der Waals surface area contributed by atoms with Gasteiger partial charge in [-0.2, -0.15) is 0 Å². The van der Waals surface area contributed by atoms with Crippen LogP contribution in [0.5, 0.6) is 17.2 Å². The molecule has 192 valence electrons. The van der Waals surface area contributed by atoms with Gasteiger partial charge in [-0.3, -0.25) is 0 Å². The quantitative estimate of drug-likeness (QED) is 0.251. The van der Waals surface area contributed by atoms with Crippen LogP contribution in [0.25, 0.3) is 11.1 Å². The Kier molecular flexibility index (Phi) is 8.77. The predicted molar refractivity (Wildman–Crippen MR) is 144 cm³/mol. The minimum absolute atomic E-state index is 0.0231. The van der Waals surface area contributed by atoms with Crippen molar-refractivity contribution in [2.24, 2.45) is 0 Å². The highest BCUT2D eigenvalue weighted by Crippen LogP contribution is 2.33. The monoisotopic (exact) mass is 529 g/mol. The summed E-state index contributed by atoms with van der Waals surface area (Å²) < 4.78 is 43.8. The first-order chi connectivity index (χ1) is 17.3. The third-order valence-corrected chi connectivity index (χ3v) is 7.77. The van der Waals surface area contributed by atoms with Gasteiger partial charge in [0, 0.05) is 24.9 Å². The van der Waals surface area contributed by atoms with Crippen LogP contribution >= 0.6 is 11.6 Å². The summed E-state index contributed by atoms with van der Waals surface area (Å²) in [5.74, 6) is 2.78. The Hall–Kier alpha value is -2.74. The van der Waals surface area contributed by atoms with Crippen molar-refractivity contribution in [3.63, 3.8) is 0 Å². The molecule has 4 rings (SSSR count). The second-order valence-electron chi connectivity index (χ2n) is 8.89. The molecule has 0 saturated heterocycles. The number of ether oxygens (including phenoxy) is 3. The van der Waals surface area contributed by atoms with E-state index in [2.05, 4.69) is 42.8 Å². The molecule has 0 bridgehead atoms. The molecule has 1 aliphatic heterocycles. The average Bonchev–Trinajstić information content (AvgIpc) is 3.32. The zero-order chi connectivity index (χ0) is 25.5. The van der Waals surface area contributed by atoms with Crippen molar-refractivity contribution in [2.75, 3.05) is 31.4 Å². The lowest BCUT2D eigenvalue weighted by atomic mass is 9.94. The number of hydrogen-bond donors (Lipinski definition) is 1. The first-order valence-electron chi connectivity index (χ1n) is 12.1. The maximum Gasteiger partial charge on any atom is 0.211 e. The molecule has 0 spiro atoms. The summed E-state index contributed by atoms with van der Waals surface area (Å²) >= 11 is 5.57. The summed E-state index contributed by atoms with van der Waals surface area (Å²) in [5.41, 5.74) is 6.74. The van der Waals surface area contributed by atoms with Gasteiger partial charge in [0.2, 0.25) is 10.0 Å². The van der Waals surface area contributed by atoms with Gasteiger partial charge in [-0.15, -0.1) is 11.6 Å². The number of fused-ring (bicyclic) bond motifs is 1. The Bertz CT molecular complexity index is 1290. The van der Waals surface area contributed by atoms with Crippen molar-refractivity contribution in [3.05, 3.63) is 76.9 Å². The molecule has 1 aliphatic rings. The normalized spacial score (nSPS) is 12.8. The highest BCUT2D eigenvalue weighted by Gasteiger charge is 2.14. The van der Waals surface area contributed by atoms with E-state index >= 15 is 0 Å². The van der Waals surface area contributed by atoms with Crippen LogP contribution in [0.3, 0.4) is 0 Å². The molecule has 3 aromatic carbocycles. The molecule has 3 aromatic rings. The number of aryl methyl sites for hydroxylation is 2. The van der Waals surface area contributed by atoms with Crippen LogP contribution in [0.15, 0.2) is 54.6 Å². The SMILES string of the molecule is Cc1cc(OCCNS(=O)(=O)CCCCl)cc(C)c1-c1cccc(COc2ccc3c(c2)OCC3)c1. The van der Waals surface area contributed by atoms with Crippen molar-refractivity contribution in [2.45, 2.75) is 33.3 Å². The minimum Gasteiger partial charge on any atom is -0.493 e. The van der Waals surface area contributed by atoms with Gasteiger partial charge in [0.25, 0.3) is 0 Å². The third kappa shape index (κ3) is 6.93. The van der Waals surface area contributed by atoms with E-state index < -0.39 is 10.0 Å². The number of alkyl halides is 1. The van der Waals surface area contributed by atoms with Crippen LogP contribution in [-0.4, -0.2) is 39.8 Å². The van der Waals surface area contributed by atoms with Gasteiger partial charge in [-0.05, 0) is 77.9 Å². The Morgan fingerprint density at radius 1 is 1.00 bits per heavy atom. The maximum atomic E-state index is 11.9. The first kappa shape index (κ1) is 26.3. The largest absolute Gasteiger partial charge is 0.493 e. The molecule has 0 fully saturated rings. The first-order valence-corrected chi connectivity index (χ1v) is 14.3. The lowest BCUT2D eigenvalue weighted by molar-refractivity contribution is 0.302. The second kappa shape index (κ2) is 12.0. The molecule has 0 radical (unpaired) electrons. The average molecular weight is 530 g/mol. The zero-order valence-electron chi connectivity index (χ0n) is 20.7. The summed E-state index contributed by atoms with van der Waals surface area (Å²) in [6.45, 7) is 5.77.